The lowest BCUT2D eigenvalue weighted by Gasteiger charge is -2.26. The molecule has 3 rings (SSSR count). The van der Waals surface area contributed by atoms with Crippen molar-refractivity contribution in [1.82, 2.24) is 4.90 Å². The highest BCUT2D eigenvalue weighted by Crippen LogP contribution is 2.42. The van der Waals surface area contributed by atoms with Gasteiger partial charge in [0, 0.05) is 19.2 Å². The Bertz CT molecular complexity index is 1120. The van der Waals surface area contributed by atoms with E-state index in [-0.39, 0.29) is 30.6 Å². The summed E-state index contributed by atoms with van der Waals surface area (Å²) in [5, 5.41) is 11.3. The Morgan fingerprint density at radius 2 is 1.83 bits per heavy atom. The van der Waals surface area contributed by atoms with Crippen molar-refractivity contribution in [2.75, 3.05) is 34.0 Å². The number of ketones is 1. The zero-order valence-corrected chi connectivity index (χ0v) is 21.1. The molecule has 0 radical (unpaired) electrons. The molecule has 1 unspecified atom stereocenters. The smallest absolute Gasteiger partial charge is 0.295 e. The summed E-state index contributed by atoms with van der Waals surface area (Å²) in [6.07, 6.45) is -0.0644. The molecule has 0 saturated carbocycles. The van der Waals surface area contributed by atoms with Gasteiger partial charge in [0.05, 0.1) is 38.0 Å². The van der Waals surface area contributed by atoms with Gasteiger partial charge in [-0.2, -0.15) is 0 Å². The number of likely N-dealkylation sites (tertiary alicyclic amines) is 1. The van der Waals surface area contributed by atoms with Crippen LogP contribution in [0, 0.1) is 6.92 Å². The Kier molecular flexibility index (Phi) is 8.40. The number of Topliss-reactive ketones (excluding diaryl/α,β-unsaturated/α-hetero) is 1. The van der Waals surface area contributed by atoms with Crippen molar-refractivity contribution in [3.63, 3.8) is 0 Å². The molecular weight excluding hydrogens is 450 g/mol. The number of amides is 1. The summed E-state index contributed by atoms with van der Waals surface area (Å²) >= 11 is 0. The monoisotopic (exact) mass is 483 g/mol. The Balaban J connectivity index is 2.20. The fourth-order valence-electron chi connectivity index (χ4n) is 4.14. The molecule has 1 atom stereocenters. The largest absolute Gasteiger partial charge is 0.507 e. The van der Waals surface area contributed by atoms with E-state index in [2.05, 4.69) is 0 Å². The fourth-order valence-corrected chi connectivity index (χ4v) is 4.14. The van der Waals surface area contributed by atoms with Crippen molar-refractivity contribution in [2.45, 2.75) is 39.8 Å². The van der Waals surface area contributed by atoms with Crippen LogP contribution in [0.15, 0.2) is 42.0 Å². The molecule has 1 fully saturated rings. The van der Waals surface area contributed by atoms with Crippen molar-refractivity contribution >= 4 is 17.4 Å². The van der Waals surface area contributed by atoms with Gasteiger partial charge in [-0.15, -0.1) is 0 Å². The van der Waals surface area contributed by atoms with Crippen molar-refractivity contribution < 1.29 is 33.6 Å². The number of aryl methyl sites for hydroxylation is 1. The van der Waals surface area contributed by atoms with Gasteiger partial charge in [0.25, 0.3) is 11.7 Å². The first-order valence-corrected chi connectivity index (χ1v) is 11.6. The molecule has 0 aliphatic carbocycles. The number of benzene rings is 2. The summed E-state index contributed by atoms with van der Waals surface area (Å²) in [5.41, 5.74) is 1.79. The van der Waals surface area contributed by atoms with Crippen molar-refractivity contribution in [2.24, 2.45) is 0 Å². The second-order valence-electron chi connectivity index (χ2n) is 8.47. The number of rotatable bonds is 10. The lowest BCUT2D eigenvalue weighted by Crippen LogP contribution is -2.32. The number of carbonyl (C=O) groups is 2. The SMILES string of the molecule is CCOc1cc(C2/C(=C(\O)c3ccc(OC)cc3C)C(=O)C(=O)N2CCOC)ccc1OC(C)C. The third kappa shape index (κ3) is 5.43. The van der Waals surface area contributed by atoms with Crippen molar-refractivity contribution in [1.29, 1.82) is 0 Å². The minimum absolute atomic E-state index is 0.0133. The molecule has 1 amide bonds. The van der Waals surface area contributed by atoms with Gasteiger partial charge in [0.15, 0.2) is 11.5 Å². The van der Waals surface area contributed by atoms with E-state index in [1.165, 1.54) is 12.0 Å². The number of aliphatic hydroxyl groups is 1. The first-order chi connectivity index (χ1) is 16.7. The van der Waals surface area contributed by atoms with Crippen LogP contribution >= 0.6 is 0 Å². The molecule has 188 valence electrons. The Morgan fingerprint density at radius 1 is 1.09 bits per heavy atom. The van der Waals surface area contributed by atoms with Crippen LogP contribution < -0.4 is 14.2 Å². The van der Waals surface area contributed by atoms with Crippen LogP contribution in [0.5, 0.6) is 17.2 Å². The average Bonchev–Trinajstić information content (AvgIpc) is 3.08. The highest BCUT2D eigenvalue weighted by molar-refractivity contribution is 6.46. The molecule has 1 heterocycles. The van der Waals surface area contributed by atoms with Gasteiger partial charge >= 0.3 is 0 Å². The van der Waals surface area contributed by atoms with E-state index in [4.69, 9.17) is 18.9 Å². The second kappa shape index (κ2) is 11.3. The van der Waals surface area contributed by atoms with Gasteiger partial charge in [-0.3, -0.25) is 9.59 Å². The maximum atomic E-state index is 13.2. The number of methoxy groups -OCH3 is 2. The number of nitrogens with zero attached hydrogens (tertiary/aromatic N) is 1. The van der Waals surface area contributed by atoms with Gasteiger partial charge in [0.2, 0.25) is 0 Å². The van der Waals surface area contributed by atoms with Crippen LogP contribution in [0.1, 0.15) is 43.5 Å². The van der Waals surface area contributed by atoms with E-state index >= 15 is 0 Å². The van der Waals surface area contributed by atoms with Crippen LogP contribution in [-0.4, -0.2) is 61.8 Å². The molecule has 35 heavy (non-hydrogen) atoms. The molecule has 8 nitrogen and oxygen atoms in total. The van der Waals surface area contributed by atoms with Gasteiger partial charge in [-0.25, -0.2) is 0 Å². The summed E-state index contributed by atoms with van der Waals surface area (Å²) < 4.78 is 22.1. The summed E-state index contributed by atoms with van der Waals surface area (Å²) in [7, 11) is 3.08. The summed E-state index contributed by atoms with van der Waals surface area (Å²) in [6, 6.07) is 9.61. The minimum Gasteiger partial charge on any atom is -0.507 e. The quantitative estimate of drug-likeness (QED) is 0.307. The first-order valence-electron chi connectivity index (χ1n) is 11.6. The minimum atomic E-state index is -0.820. The van der Waals surface area contributed by atoms with E-state index in [0.29, 0.717) is 40.5 Å². The van der Waals surface area contributed by atoms with Gasteiger partial charge in [-0.05, 0) is 69.2 Å². The lowest BCUT2D eigenvalue weighted by atomic mass is 9.93. The van der Waals surface area contributed by atoms with E-state index in [1.807, 2.05) is 20.8 Å². The zero-order chi connectivity index (χ0) is 25.7. The predicted molar refractivity (Wildman–Crippen MR) is 132 cm³/mol. The first kappa shape index (κ1) is 26.1. The lowest BCUT2D eigenvalue weighted by molar-refractivity contribution is -0.140. The molecule has 0 spiro atoms. The van der Waals surface area contributed by atoms with Crippen molar-refractivity contribution in [3.05, 3.63) is 58.7 Å². The van der Waals surface area contributed by atoms with Gasteiger partial charge in [-0.1, -0.05) is 6.07 Å². The number of hydrogen-bond donors (Lipinski definition) is 1. The number of carbonyl (C=O) groups excluding carboxylic acids is 2. The molecule has 8 heteroatoms. The van der Waals surface area contributed by atoms with E-state index < -0.39 is 17.7 Å². The number of aliphatic hydroxyl groups excluding tert-OH is 1. The maximum Gasteiger partial charge on any atom is 0.295 e. The molecule has 1 aliphatic heterocycles. The normalized spacial score (nSPS) is 17.2. The predicted octanol–water partition coefficient (Wildman–Crippen LogP) is 4.26. The Hall–Kier alpha value is -3.52. The van der Waals surface area contributed by atoms with Crippen molar-refractivity contribution in [3.8, 4) is 17.2 Å². The fraction of sp³-hybridized carbons (Fsp3) is 0.407. The molecule has 1 saturated heterocycles. The van der Waals surface area contributed by atoms with Gasteiger partial charge in [0.1, 0.15) is 11.5 Å². The van der Waals surface area contributed by atoms with Crippen LogP contribution in [0.3, 0.4) is 0 Å². The van der Waals surface area contributed by atoms with Crippen LogP contribution in [0.25, 0.3) is 5.76 Å². The van der Waals surface area contributed by atoms with E-state index in [1.54, 1.807) is 50.4 Å². The third-order valence-corrected chi connectivity index (χ3v) is 5.71. The molecule has 2 aromatic carbocycles. The van der Waals surface area contributed by atoms with Gasteiger partial charge < -0.3 is 29.0 Å². The molecule has 0 bridgehead atoms. The van der Waals surface area contributed by atoms with Crippen LogP contribution in [0.4, 0.5) is 0 Å². The zero-order valence-electron chi connectivity index (χ0n) is 21.1. The average molecular weight is 484 g/mol. The van der Waals surface area contributed by atoms with E-state index in [9.17, 15) is 14.7 Å². The highest BCUT2D eigenvalue weighted by Gasteiger charge is 2.46. The maximum absolute atomic E-state index is 13.2. The van der Waals surface area contributed by atoms with Crippen LogP contribution in [0.2, 0.25) is 0 Å². The van der Waals surface area contributed by atoms with Crippen LogP contribution in [-0.2, 0) is 14.3 Å². The highest BCUT2D eigenvalue weighted by atomic mass is 16.5. The molecule has 2 aromatic rings. The summed E-state index contributed by atoms with van der Waals surface area (Å²) in [6.45, 7) is 8.33. The van der Waals surface area contributed by atoms with E-state index in [0.717, 1.165) is 0 Å². The third-order valence-electron chi connectivity index (χ3n) is 5.71. The molecule has 1 N–H and O–H groups in total. The number of ether oxygens (including phenoxy) is 4. The Morgan fingerprint density at radius 3 is 2.43 bits per heavy atom. The molecular formula is C27H33NO7. The molecule has 1 aliphatic rings. The number of hydrogen-bond acceptors (Lipinski definition) is 7. The topological polar surface area (TPSA) is 94.5 Å². The second-order valence-corrected chi connectivity index (χ2v) is 8.47. The Labute approximate surface area is 206 Å². The standard InChI is InChI=1S/C27H33NO7/c1-7-34-22-15-18(8-11-21(22)35-16(2)3)24-23(26(30)27(31)28(24)12-13-32-5)25(29)20-10-9-19(33-6)14-17(20)4/h8-11,14-16,24,29H,7,12-13H2,1-6H3/b25-23+. The summed E-state index contributed by atoms with van der Waals surface area (Å²) in [4.78, 5) is 27.7. The summed E-state index contributed by atoms with van der Waals surface area (Å²) in [5.74, 6) is -0.00579. The molecule has 0 aromatic heterocycles.